The van der Waals surface area contributed by atoms with E-state index in [9.17, 15) is 0 Å². The highest BCUT2D eigenvalue weighted by Crippen LogP contribution is 2.35. The Morgan fingerprint density at radius 3 is 2.30 bits per heavy atom. The number of hydrogen-bond acceptors (Lipinski definition) is 3. The van der Waals surface area contributed by atoms with Gasteiger partial charge in [-0.1, -0.05) is 18.2 Å². The summed E-state index contributed by atoms with van der Waals surface area (Å²) in [5, 5.41) is 3.48. The molecule has 0 aliphatic carbocycles. The minimum absolute atomic E-state index is 0. The fourth-order valence-corrected chi connectivity index (χ4v) is 3.72. The lowest BCUT2D eigenvalue weighted by molar-refractivity contribution is 0.0213. The summed E-state index contributed by atoms with van der Waals surface area (Å²) in [7, 11) is 0. The van der Waals surface area contributed by atoms with Gasteiger partial charge in [0.05, 0.1) is 0 Å². The topological polar surface area (TPSA) is 24.5 Å². The van der Waals surface area contributed by atoms with Gasteiger partial charge in [0, 0.05) is 45.4 Å². The summed E-state index contributed by atoms with van der Waals surface area (Å²) < 4.78 is 5.59. The average molecular weight is 361 g/mol. The first-order valence-electron chi connectivity index (χ1n) is 8.35. The van der Waals surface area contributed by atoms with E-state index in [2.05, 4.69) is 42.3 Å². The van der Waals surface area contributed by atoms with Crippen molar-refractivity contribution >= 4 is 24.8 Å². The van der Waals surface area contributed by atoms with Crippen molar-refractivity contribution in [1.82, 2.24) is 10.2 Å². The molecule has 0 aromatic heterocycles. The fraction of sp³-hybridized carbons (Fsp3) is 0.667. The maximum atomic E-state index is 5.59. The summed E-state index contributed by atoms with van der Waals surface area (Å²) in [4.78, 5) is 2.69. The number of nitrogens with zero attached hydrogens (tertiary/aromatic N) is 1. The van der Waals surface area contributed by atoms with E-state index in [1.165, 1.54) is 29.5 Å². The minimum Gasteiger partial charge on any atom is -0.381 e. The van der Waals surface area contributed by atoms with Gasteiger partial charge in [0.25, 0.3) is 0 Å². The van der Waals surface area contributed by atoms with E-state index in [0.717, 1.165) is 45.3 Å². The summed E-state index contributed by atoms with van der Waals surface area (Å²) in [6.45, 7) is 10.8. The zero-order valence-electron chi connectivity index (χ0n) is 14.2. The second-order valence-corrected chi connectivity index (χ2v) is 6.52. The van der Waals surface area contributed by atoms with E-state index in [0.29, 0.717) is 6.04 Å². The Bertz CT molecular complexity index is 454. The molecule has 3 nitrogen and oxygen atoms in total. The second-order valence-electron chi connectivity index (χ2n) is 6.52. The lowest BCUT2D eigenvalue weighted by atomic mass is 9.84. The first-order valence-corrected chi connectivity index (χ1v) is 8.35. The zero-order chi connectivity index (χ0) is 14.7. The molecule has 0 amide bonds. The van der Waals surface area contributed by atoms with Crippen molar-refractivity contribution in [3.63, 3.8) is 0 Å². The minimum atomic E-state index is 0. The largest absolute Gasteiger partial charge is 0.381 e. The molecule has 1 aromatic carbocycles. The third-order valence-corrected chi connectivity index (χ3v) is 5.13. The molecule has 0 unspecified atom stereocenters. The molecule has 0 spiro atoms. The number of halogens is 2. The maximum Gasteiger partial charge on any atom is 0.0469 e. The van der Waals surface area contributed by atoms with Crippen molar-refractivity contribution < 1.29 is 4.74 Å². The van der Waals surface area contributed by atoms with Crippen molar-refractivity contribution in [2.75, 3.05) is 39.4 Å². The number of nitrogens with one attached hydrogen (secondary N) is 1. The van der Waals surface area contributed by atoms with E-state index in [1.54, 1.807) is 0 Å². The van der Waals surface area contributed by atoms with Gasteiger partial charge in [-0.25, -0.2) is 0 Å². The monoisotopic (exact) mass is 360 g/mol. The third kappa shape index (κ3) is 5.07. The molecule has 2 aliphatic rings. The van der Waals surface area contributed by atoms with E-state index in [1.807, 2.05) is 0 Å². The van der Waals surface area contributed by atoms with Gasteiger partial charge in [-0.2, -0.15) is 0 Å². The van der Waals surface area contributed by atoms with E-state index >= 15 is 0 Å². The second kappa shape index (κ2) is 9.85. The normalized spacial score (nSPS) is 21.1. The molecule has 2 aliphatic heterocycles. The van der Waals surface area contributed by atoms with Crippen LogP contribution >= 0.6 is 24.8 Å². The molecule has 1 N–H and O–H groups in total. The standard InChI is InChI=1S/C18H28N2O.2ClH/c1-14-3-4-17(13-15(14)2)18(16-5-11-21-12-6-16)20-9-7-19-8-10-20;;/h3-4,13,16,18-19H,5-12H2,1-2H3;2*1H/t18-;;/m0../s1. The Kier molecular flexibility index (Phi) is 8.88. The van der Waals surface area contributed by atoms with Gasteiger partial charge < -0.3 is 10.1 Å². The highest BCUT2D eigenvalue weighted by molar-refractivity contribution is 5.85. The summed E-state index contributed by atoms with van der Waals surface area (Å²) in [5.74, 6) is 0.735. The molecule has 2 fully saturated rings. The number of piperazine rings is 1. The van der Waals surface area contributed by atoms with E-state index in [4.69, 9.17) is 4.74 Å². The number of benzene rings is 1. The Hall–Kier alpha value is -0.320. The summed E-state index contributed by atoms with van der Waals surface area (Å²) in [6.07, 6.45) is 2.39. The van der Waals surface area contributed by atoms with Crippen molar-refractivity contribution in [1.29, 1.82) is 0 Å². The highest BCUT2D eigenvalue weighted by Gasteiger charge is 2.31. The van der Waals surface area contributed by atoms with Crippen molar-refractivity contribution in [3.05, 3.63) is 34.9 Å². The lowest BCUT2D eigenvalue weighted by Gasteiger charge is -2.41. The Balaban J connectivity index is 0.00000132. The Morgan fingerprint density at radius 2 is 1.70 bits per heavy atom. The summed E-state index contributed by atoms with van der Waals surface area (Å²) in [5.41, 5.74) is 4.32. The third-order valence-electron chi connectivity index (χ3n) is 5.13. The molecule has 1 aromatic rings. The SMILES string of the molecule is Cc1ccc([C@H](C2CCOCC2)N2CCNCC2)cc1C.Cl.Cl. The number of rotatable bonds is 3. The predicted octanol–water partition coefficient (Wildman–Crippen LogP) is 3.52. The molecule has 2 saturated heterocycles. The van der Waals surface area contributed by atoms with Crippen molar-refractivity contribution in [3.8, 4) is 0 Å². The molecular weight excluding hydrogens is 331 g/mol. The molecule has 0 bridgehead atoms. The smallest absolute Gasteiger partial charge is 0.0469 e. The molecule has 3 rings (SSSR count). The van der Waals surface area contributed by atoms with Gasteiger partial charge in [-0.05, 0) is 49.3 Å². The van der Waals surface area contributed by atoms with E-state index < -0.39 is 0 Å². The van der Waals surface area contributed by atoms with Gasteiger partial charge in [-0.15, -0.1) is 24.8 Å². The van der Waals surface area contributed by atoms with Crippen LogP contribution in [0.2, 0.25) is 0 Å². The van der Waals surface area contributed by atoms with Crippen molar-refractivity contribution in [2.45, 2.75) is 32.7 Å². The van der Waals surface area contributed by atoms with Gasteiger partial charge in [0.15, 0.2) is 0 Å². The van der Waals surface area contributed by atoms with Gasteiger partial charge in [0.2, 0.25) is 0 Å². The van der Waals surface area contributed by atoms with Gasteiger partial charge >= 0.3 is 0 Å². The molecule has 2 heterocycles. The zero-order valence-corrected chi connectivity index (χ0v) is 15.8. The number of hydrogen-bond donors (Lipinski definition) is 1. The van der Waals surface area contributed by atoms with Gasteiger partial charge in [0.1, 0.15) is 0 Å². The maximum absolute atomic E-state index is 5.59. The Morgan fingerprint density at radius 1 is 1.04 bits per heavy atom. The number of ether oxygens (including phenoxy) is 1. The van der Waals surface area contributed by atoms with Crippen LogP contribution in [-0.2, 0) is 4.74 Å². The lowest BCUT2D eigenvalue weighted by Crippen LogP contribution is -2.47. The van der Waals surface area contributed by atoms with Crippen LogP contribution in [0.25, 0.3) is 0 Å². The highest BCUT2D eigenvalue weighted by atomic mass is 35.5. The quantitative estimate of drug-likeness (QED) is 0.892. The van der Waals surface area contributed by atoms with Crippen LogP contribution in [0.1, 0.15) is 35.6 Å². The first kappa shape index (κ1) is 20.7. The molecule has 1 atom stereocenters. The average Bonchev–Trinajstić information content (AvgIpc) is 2.53. The molecule has 0 radical (unpaired) electrons. The predicted molar refractivity (Wildman–Crippen MR) is 101 cm³/mol. The molecular formula is C18H30Cl2N2O. The molecule has 132 valence electrons. The summed E-state index contributed by atoms with van der Waals surface area (Å²) >= 11 is 0. The summed E-state index contributed by atoms with van der Waals surface area (Å²) in [6, 6.07) is 7.62. The molecule has 5 heteroatoms. The molecule has 23 heavy (non-hydrogen) atoms. The van der Waals surface area contributed by atoms with Crippen LogP contribution in [0.3, 0.4) is 0 Å². The van der Waals surface area contributed by atoms with Crippen LogP contribution in [0, 0.1) is 19.8 Å². The van der Waals surface area contributed by atoms with Crippen LogP contribution in [0.4, 0.5) is 0 Å². The van der Waals surface area contributed by atoms with Gasteiger partial charge in [-0.3, -0.25) is 4.90 Å². The van der Waals surface area contributed by atoms with Crippen LogP contribution in [-0.4, -0.2) is 44.3 Å². The number of aryl methyl sites for hydroxylation is 2. The Labute approximate surface area is 153 Å². The first-order chi connectivity index (χ1) is 10.3. The van der Waals surface area contributed by atoms with E-state index in [-0.39, 0.29) is 24.8 Å². The van der Waals surface area contributed by atoms with Crippen LogP contribution < -0.4 is 5.32 Å². The molecule has 0 saturated carbocycles. The van der Waals surface area contributed by atoms with Crippen molar-refractivity contribution in [2.24, 2.45) is 5.92 Å². The van der Waals surface area contributed by atoms with Crippen LogP contribution in [0.15, 0.2) is 18.2 Å². The van der Waals surface area contributed by atoms with Crippen LogP contribution in [0.5, 0.6) is 0 Å². The fourth-order valence-electron chi connectivity index (χ4n) is 3.72.